The van der Waals surface area contributed by atoms with Crippen molar-refractivity contribution >= 4 is 23.2 Å². The SMILES string of the molecule is C1=c2cnc3c(c2=CCS1)Cc1ccccc1O3. The first-order valence-electron chi connectivity index (χ1n) is 5.97. The average molecular weight is 253 g/mol. The Bertz CT molecular complexity index is 752. The zero-order valence-corrected chi connectivity index (χ0v) is 10.5. The molecule has 4 rings (SSSR count). The summed E-state index contributed by atoms with van der Waals surface area (Å²) in [6.45, 7) is 0. The third kappa shape index (κ3) is 1.47. The average Bonchev–Trinajstić information content (AvgIpc) is 2.45. The lowest BCUT2D eigenvalue weighted by Crippen LogP contribution is -2.32. The molecular weight excluding hydrogens is 242 g/mol. The van der Waals surface area contributed by atoms with E-state index in [2.05, 4.69) is 28.6 Å². The van der Waals surface area contributed by atoms with Crippen LogP contribution in [0.5, 0.6) is 11.6 Å². The van der Waals surface area contributed by atoms with Crippen molar-refractivity contribution in [3.05, 3.63) is 52.0 Å². The Morgan fingerprint density at radius 1 is 1.22 bits per heavy atom. The second-order valence-corrected chi connectivity index (χ2v) is 5.36. The van der Waals surface area contributed by atoms with Gasteiger partial charge in [0.2, 0.25) is 5.88 Å². The Kier molecular flexibility index (Phi) is 2.20. The largest absolute Gasteiger partial charge is 0.438 e. The minimum atomic E-state index is 0.768. The summed E-state index contributed by atoms with van der Waals surface area (Å²) in [6, 6.07) is 8.19. The zero-order valence-electron chi connectivity index (χ0n) is 9.72. The number of hydrogen-bond acceptors (Lipinski definition) is 3. The number of hydrogen-bond donors (Lipinski definition) is 0. The van der Waals surface area contributed by atoms with Gasteiger partial charge in [0.05, 0.1) is 0 Å². The predicted octanol–water partition coefficient (Wildman–Crippen LogP) is 2.04. The minimum absolute atomic E-state index is 0.768. The summed E-state index contributed by atoms with van der Waals surface area (Å²) in [6.07, 6.45) is 5.10. The van der Waals surface area contributed by atoms with Crippen molar-refractivity contribution in [1.29, 1.82) is 0 Å². The van der Waals surface area contributed by atoms with E-state index in [1.807, 2.05) is 30.1 Å². The van der Waals surface area contributed by atoms with Crippen LogP contribution in [0.15, 0.2) is 30.5 Å². The second kappa shape index (κ2) is 3.89. The molecule has 1 aromatic heterocycles. The van der Waals surface area contributed by atoms with E-state index < -0.39 is 0 Å². The number of benzene rings is 1. The van der Waals surface area contributed by atoms with E-state index in [0.717, 1.165) is 23.8 Å². The van der Waals surface area contributed by atoms with Gasteiger partial charge in [-0.15, -0.1) is 11.8 Å². The van der Waals surface area contributed by atoms with E-state index in [-0.39, 0.29) is 0 Å². The lowest BCUT2D eigenvalue weighted by molar-refractivity contribution is 0.439. The molecule has 0 spiro atoms. The number of rotatable bonds is 0. The fourth-order valence-electron chi connectivity index (χ4n) is 2.47. The quantitative estimate of drug-likeness (QED) is 0.612. The highest BCUT2D eigenvalue weighted by Crippen LogP contribution is 2.32. The third-order valence-corrected chi connectivity index (χ3v) is 4.14. The van der Waals surface area contributed by atoms with E-state index in [9.17, 15) is 0 Å². The van der Waals surface area contributed by atoms with Crippen molar-refractivity contribution < 1.29 is 4.74 Å². The van der Waals surface area contributed by atoms with Gasteiger partial charge >= 0.3 is 0 Å². The summed E-state index contributed by atoms with van der Waals surface area (Å²) >= 11 is 1.81. The normalized spacial score (nSPS) is 15.3. The van der Waals surface area contributed by atoms with Gasteiger partial charge in [-0.1, -0.05) is 24.3 Å². The maximum Gasteiger partial charge on any atom is 0.223 e. The molecule has 3 heteroatoms. The summed E-state index contributed by atoms with van der Waals surface area (Å²) in [7, 11) is 0. The molecule has 0 aliphatic carbocycles. The van der Waals surface area contributed by atoms with Crippen LogP contribution >= 0.6 is 11.8 Å². The molecule has 0 saturated carbocycles. The van der Waals surface area contributed by atoms with Gasteiger partial charge in [-0.25, -0.2) is 4.98 Å². The van der Waals surface area contributed by atoms with Crippen LogP contribution in [-0.2, 0) is 6.42 Å². The minimum Gasteiger partial charge on any atom is -0.438 e. The number of thioether (sulfide) groups is 1. The van der Waals surface area contributed by atoms with E-state index in [1.54, 1.807) is 0 Å². The Morgan fingerprint density at radius 2 is 2.17 bits per heavy atom. The fourth-order valence-corrected chi connectivity index (χ4v) is 3.20. The molecule has 0 fully saturated rings. The molecule has 2 aliphatic heterocycles. The first kappa shape index (κ1) is 10.2. The van der Waals surface area contributed by atoms with Crippen LogP contribution in [0.25, 0.3) is 11.5 Å². The van der Waals surface area contributed by atoms with Crippen LogP contribution in [-0.4, -0.2) is 10.7 Å². The summed E-state index contributed by atoms with van der Waals surface area (Å²) in [5.41, 5.74) is 2.47. The Labute approximate surface area is 109 Å². The van der Waals surface area contributed by atoms with Crippen molar-refractivity contribution in [2.75, 3.05) is 5.75 Å². The molecule has 2 aromatic rings. The topological polar surface area (TPSA) is 22.1 Å². The molecule has 0 saturated heterocycles. The van der Waals surface area contributed by atoms with Crippen molar-refractivity contribution in [3.63, 3.8) is 0 Å². The van der Waals surface area contributed by atoms with Crippen molar-refractivity contribution in [2.45, 2.75) is 6.42 Å². The molecule has 18 heavy (non-hydrogen) atoms. The smallest absolute Gasteiger partial charge is 0.223 e. The molecule has 88 valence electrons. The van der Waals surface area contributed by atoms with Gasteiger partial charge in [0, 0.05) is 29.2 Å². The number of pyridine rings is 1. The van der Waals surface area contributed by atoms with Crippen LogP contribution in [0.1, 0.15) is 11.1 Å². The number of para-hydroxylation sites is 1. The highest BCUT2D eigenvalue weighted by Gasteiger charge is 2.19. The number of nitrogens with zero attached hydrogens (tertiary/aromatic N) is 1. The van der Waals surface area contributed by atoms with Gasteiger partial charge in [-0.05, 0) is 22.3 Å². The highest BCUT2D eigenvalue weighted by atomic mass is 32.2. The van der Waals surface area contributed by atoms with Gasteiger partial charge in [0.25, 0.3) is 0 Å². The maximum atomic E-state index is 5.89. The highest BCUT2D eigenvalue weighted by molar-refractivity contribution is 8.06. The van der Waals surface area contributed by atoms with Gasteiger partial charge in [-0.3, -0.25) is 0 Å². The molecule has 0 N–H and O–H groups in total. The van der Waals surface area contributed by atoms with Crippen LogP contribution in [0.3, 0.4) is 0 Å². The van der Waals surface area contributed by atoms with Gasteiger partial charge in [-0.2, -0.15) is 0 Å². The number of fused-ring (bicyclic) bond motifs is 4. The van der Waals surface area contributed by atoms with Crippen LogP contribution in [0.2, 0.25) is 0 Å². The molecule has 0 bridgehead atoms. The van der Waals surface area contributed by atoms with Crippen molar-refractivity contribution in [2.24, 2.45) is 0 Å². The summed E-state index contributed by atoms with van der Waals surface area (Å²) in [5, 5.41) is 4.70. The van der Waals surface area contributed by atoms with Gasteiger partial charge in [0.15, 0.2) is 0 Å². The summed E-state index contributed by atoms with van der Waals surface area (Å²) < 4.78 is 5.89. The lowest BCUT2D eigenvalue weighted by Gasteiger charge is -2.20. The molecule has 2 aliphatic rings. The van der Waals surface area contributed by atoms with E-state index in [0.29, 0.717) is 0 Å². The summed E-state index contributed by atoms with van der Waals surface area (Å²) in [4.78, 5) is 4.44. The molecule has 0 unspecified atom stereocenters. The standard InChI is InChI=1S/C15H11NOS/c1-2-4-14-10(3-1)7-13-12-5-6-18-9-11(12)8-16-15(13)17-14/h1-5,8-9H,6-7H2. The molecule has 0 amide bonds. The van der Waals surface area contributed by atoms with E-state index in [1.165, 1.54) is 21.6 Å². The molecule has 0 atom stereocenters. The Balaban J connectivity index is 1.98. The van der Waals surface area contributed by atoms with E-state index >= 15 is 0 Å². The van der Waals surface area contributed by atoms with Crippen LogP contribution in [0, 0.1) is 0 Å². The first-order valence-corrected chi connectivity index (χ1v) is 7.02. The fraction of sp³-hybridized carbons (Fsp3) is 0.133. The first-order chi connectivity index (χ1) is 8.92. The van der Waals surface area contributed by atoms with Crippen LogP contribution < -0.4 is 15.2 Å². The van der Waals surface area contributed by atoms with Gasteiger partial charge < -0.3 is 4.74 Å². The molecule has 3 heterocycles. The van der Waals surface area contributed by atoms with Gasteiger partial charge in [0.1, 0.15) is 5.75 Å². The number of aromatic nitrogens is 1. The van der Waals surface area contributed by atoms with Crippen LogP contribution in [0.4, 0.5) is 0 Å². The van der Waals surface area contributed by atoms with E-state index in [4.69, 9.17) is 4.74 Å². The number of ether oxygens (including phenoxy) is 1. The molecular formula is C15H11NOS. The molecule has 2 nitrogen and oxygen atoms in total. The molecule has 0 radical (unpaired) electrons. The predicted molar refractivity (Wildman–Crippen MR) is 74.2 cm³/mol. The lowest BCUT2D eigenvalue weighted by atomic mass is 10.0. The van der Waals surface area contributed by atoms with Crippen molar-refractivity contribution in [3.8, 4) is 11.6 Å². The zero-order chi connectivity index (χ0) is 11.9. The monoisotopic (exact) mass is 253 g/mol. The maximum absolute atomic E-state index is 5.89. The summed E-state index contributed by atoms with van der Waals surface area (Å²) in [5.74, 6) is 2.74. The Hall–Kier alpha value is -1.74. The molecule has 1 aromatic carbocycles. The van der Waals surface area contributed by atoms with Crippen molar-refractivity contribution in [1.82, 2.24) is 4.98 Å². The third-order valence-electron chi connectivity index (χ3n) is 3.36. The Morgan fingerprint density at radius 3 is 3.17 bits per heavy atom. The second-order valence-electron chi connectivity index (χ2n) is 4.45.